The highest BCUT2D eigenvalue weighted by atomic mass is 15.4. The summed E-state index contributed by atoms with van der Waals surface area (Å²) >= 11 is 0. The molecule has 0 rings (SSSR count). The van der Waals surface area contributed by atoms with Crippen molar-refractivity contribution < 1.29 is 0 Å². The quantitative estimate of drug-likeness (QED) is 0.236. The van der Waals surface area contributed by atoms with E-state index in [0.29, 0.717) is 6.54 Å². The predicted octanol–water partition coefficient (Wildman–Crippen LogP) is 1.10. The Morgan fingerprint density at radius 3 is 3.00 bits per heavy atom. The van der Waals surface area contributed by atoms with Crippen LogP contribution in [-0.2, 0) is 0 Å². The Kier molecular flexibility index (Phi) is 4.51. The first-order chi connectivity index (χ1) is 3.41. The lowest BCUT2D eigenvalue weighted by molar-refractivity contribution is 0.733. The fraction of sp³-hybridized carbons (Fsp3) is 0.500. The smallest absolute Gasteiger partial charge is 0.0527 e. The maximum atomic E-state index is 6.26. The van der Waals surface area contributed by atoms with Gasteiger partial charge >= 0.3 is 0 Å². The lowest BCUT2D eigenvalue weighted by Crippen LogP contribution is -2.01. The molecule has 40 valence electrons. The second kappa shape index (κ2) is 5.14. The van der Waals surface area contributed by atoms with Crippen LogP contribution in [0, 0.1) is 5.53 Å². The largest absolute Gasteiger partial charge is 0.288 e. The van der Waals surface area contributed by atoms with Crippen LogP contribution >= 0.6 is 0 Å². The van der Waals surface area contributed by atoms with Crippen LogP contribution in [0.25, 0.3) is 0 Å². The van der Waals surface area contributed by atoms with Crippen molar-refractivity contribution in [3.05, 3.63) is 12.2 Å². The van der Waals surface area contributed by atoms with Gasteiger partial charge in [0, 0.05) is 0 Å². The summed E-state index contributed by atoms with van der Waals surface area (Å²) in [7, 11) is 0. The summed E-state index contributed by atoms with van der Waals surface area (Å²) in [5.41, 5.74) is 8.72. The monoisotopic (exact) mass is 99.1 g/mol. The summed E-state index contributed by atoms with van der Waals surface area (Å²) in [6.07, 6.45) is 3.79. The molecule has 0 aliphatic carbocycles. The number of allylic oxidation sites excluding steroid dienone is 1. The van der Waals surface area contributed by atoms with Crippen LogP contribution in [0.3, 0.4) is 0 Å². The molecule has 2 N–H and O–H groups in total. The molecule has 0 aromatic heterocycles. The Bertz CT molecular complexity index is 67.3. The second-order valence-electron chi connectivity index (χ2n) is 1.04. The molecule has 0 unspecified atom stereocenters. The van der Waals surface area contributed by atoms with E-state index in [2.05, 4.69) is 10.6 Å². The van der Waals surface area contributed by atoms with Crippen LogP contribution in [-0.4, -0.2) is 6.54 Å². The summed E-state index contributed by atoms with van der Waals surface area (Å²) in [5, 5.41) is 2.92. The summed E-state index contributed by atoms with van der Waals surface area (Å²) in [6.45, 7) is 2.58. The van der Waals surface area contributed by atoms with E-state index in [9.17, 15) is 0 Å². The number of nitrogens with one attached hydrogen (secondary N) is 2. The summed E-state index contributed by atoms with van der Waals surface area (Å²) in [6, 6.07) is 0. The van der Waals surface area contributed by atoms with Gasteiger partial charge in [0.1, 0.15) is 0 Å². The molecule has 0 amide bonds. The van der Waals surface area contributed by atoms with E-state index in [1.165, 1.54) is 0 Å². The van der Waals surface area contributed by atoms with Gasteiger partial charge in [-0.3, -0.25) is 5.43 Å². The van der Waals surface area contributed by atoms with Gasteiger partial charge in [-0.1, -0.05) is 17.4 Å². The van der Waals surface area contributed by atoms with Crippen molar-refractivity contribution in [2.45, 2.75) is 6.92 Å². The van der Waals surface area contributed by atoms with Gasteiger partial charge in [-0.05, 0) is 6.92 Å². The van der Waals surface area contributed by atoms with Crippen LogP contribution < -0.4 is 5.43 Å². The third kappa shape index (κ3) is 5.14. The maximum absolute atomic E-state index is 6.26. The molecule has 0 bridgehead atoms. The third-order valence-corrected chi connectivity index (χ3v) is 0.524. The van der Waals surface area contributed by atoms with E-state index in [0.717, 1.165) is 0 Å². The average Bonchev–Trinajstić information content (AvgIpc) is 1.69. The first kappa shape index (κ1) is 6.14. The standard InChI is InChI=1S/C4H9N3/c1-2-3-4-6-7-5/h2-3H,4H2,1H3,(H2,5,6)/b3-2-. The molecule has 0 saturated carbocycles. The molecular weight excluding hydrogens is 90.1 g/mol. The van der Waals surface area contributed by atoms with E-state index in [1.807, 2.05) is 19.1 Å². The fourth-order valence-electron chi connectivity index (χ4n) is 0.216. The molecule has 0 fully saturated rings. The zero-order valence-corrected chi connectivity index (χ0v) is 4.31. The summed E-state index contributed by atoms with van der Waals surface area (Å²) in [5.74, 6) is 0. The second-order valence-corrected chi connectivity index (χ2v) is 1.04. The van der Waals surface area contributed by atoms with Gasteiger partial charge in [-0.2, -0.15) is 5.53 Å². The minimum Gasteiger partial charge on any atom is -0.288 e. The van der Waals surface area contributed by atoms with Crippen molar-refractivity contribution in [3.63, 3.8) is 0 Å². The highest BCUT2D eigenvalue weighted by Crippen LogP contribution is 1.64. The third-order valence-electron chi connectivity index (χ3n) is 0.524. The average molecular weight is 99.1 g/mol. The normalized spacial score (nSPS) is 9.29. The Balaban J connectivity index is 2.82. The van der Waals surface area contributed by atoms with Crippen LogP contribution in [0.1, 0.15) is 6.92 Å². The van der Waals surface area contributed by atoms with Crippen LogP contribution in [0.5, 0.6) is 0 Å². The first-order valence-corrected chi connectivity index (χ1v) is 2.12. The molecule has 0 heterocycles. The van der Waals surface area contributed by atoms with Crippen molar-refractivity contribution in [3.8, 4) is 0 Å². The molecule has 0 spiro atoms. The molecule has 3 heteroatoms. The highest BCUT2D eigenvalue weighted by molar-refractivity contribution is 4.77. The molecule has 3 nitrogen and oxygen atoms in total. The Hall–Kier alpha value is -0.860. The minimum atomic E-state index is 0.653. The van der Waals surface area contributed by atoms with E-state index >= 15 is 0 Å². The Morgan fingerprint density at radius 2 is 2.57 bits per heavy atom. The van der Waals surface area contributed by atoms with Crippen molar-refractivity contribution >= 4 is 0 Å². The lowest BCUT2D eigenvalue weighted by Gasteiger charge is -1.84. The van der Waals surface area contributed by atoms with Gasteiger partial charge in [0.05, 0.1) is 6.54 Å². The zero-order chi connectivity index (χ0) is 5.54. The van der Waals surface area contributed by atoms with Gasteiger partial charge in [0.15, 0.2) is 0 Å². The van der Waals surface area contributed by atoms with Gasteiger partial charge in [0.25, 0.3) is 0 Å². The van der Waals surface area contributed by atoms with Gasteiger partial charge in [0.2, 0.25) is 0 Å². The molecule has 0 aliphatic rings. The summed E-state index contributed by atoms with van der Waals surface area (Å²) in [4.78, 5) is 0. The Labute approximate surface area is 42.9 Å². The van der Waals surface area contributed by atoms with Crippen molar-refractivity contribution in [1.82, 2.24) is 5.43 Å². The number of hydrogen-bond donors (Lipinski definition) is 2. The number of hydrogen-bond acceptors (Lipinski definition) is 2. The van der Waals surface area contributed by atoms with E-state index in [1.54, 1.807) is 0 Å². The molecule has 0 aliphatic heterocycles. The van der Waals surface area contributed by atoms with Gasteiger partial charge < -0.3 is 0 Å². The predicted molar refractivity (Wildman–Crippen MR) is 28.0 cm³/mol. The van der Waals surface area contributed by atoms with Crippen molar-refractivity contribution in [2.24, 2.45) is 5.22 Å². The molecule has 0 aromatic rings. The highest BCUT2D eigenvalue weighted by Gasteiger charge is 1.65. The van der Waals surface area contributed by atoms with Crippen LogP contribution in [0.2, 0.25) is 0 Å². The molecule has 0 saturated heterocycles. The first-order valence-electron chi connectivity index (χ1n) is 2.12. The van der Waals surface area contributed by atoms with E-state index in [4.69, 9.17) is 5.53 Å². The molecule has 0 atom stereocenters. The van der Waals surface area contributed by atoms with Crippen molar-refractivity contribution in [1.29, 1.82) is 5.53 Å². The van der Waals surface area contributed by atoms with E-state index in [-0.39, 0.29) is 0 Å². The maximum Gasteiger partial charge on any atom is 0.0527 e. The van der Waals surface area contributed by atoms with Crippen molar-refractivity contribution in [2.75, 3.05) is 6.54 Å². The molecular formula is C4H9N3. The van der Waals surface area contributed by atoms with Gasteiger partial charge in [-0.15, -0.1) is 0 Å². The lowest BCUT2D eigenvalue weighted by atomic mass is 10.5. The SMILES string of the molecule is C/C=C\CNN=N. The number of rotatable bonds is 3. The topological polar surface area (TPSA) is 48.2 Å². The van der Waals surface area contributed by atoms with Gasteiger partial charge in [-0.25, -0.2) is 0 Å². The number of nitrogens with zero attached hydrogens (tertiary/aromatic N) is 1. The minimum absolute atomic E-state index is 0.653. The fourth-order valence-corrected chi connectivity index (χ4v) is 0.216. The van der Waals surface area contributed by atoms with Crippen LogP contribution in [0.4, 0.5) is 0 Å². The molecule has 0 aromatic carbocycles. The zero-order valence-electron chi connectivity index (χ0n) is 4.31. The molecule has 0 radical (unpaired) electrons. The summed E-state index contributed by atoms with van der Waals surface area (Å²) < 4.78 is 0. The molecule has 7 heavy (non-hydrogen) atoms. The van der Waals surface area contributed by atoms with Crippen LogP contribution in [0.15, 0.2) is 17.4 Å². The van der Waals surface area contributed by atoms with E-state index < -0.39 is 0 Å². The Morgan fingerprint density at radius 1 is 1.86 bits per heavy atom.